The molecular formula is C31H27N3O4. The van der Waals surface area contributed by atoms with E-state index >= 15 is 0 Å². The van der Waals surface area contributed by atoms with E-state index in [9.17, 15) is 4.79 Å². The monoisotopic (exact) mass is 505 g/mol. The van der Waals surface area contributed by atoms with Crippen LogP contribution >= 0.6 is 0 Å². The summed E-state index contributed by atoms with van der Waals surface area (Å²) < 4.78 is 17.9. The van der Waals surface area contributed by atoms with Crippen molar-refractivity contribution in [2.75, 3.05) is 26.6 Å². The molecule has 190 valence electrons. The first kappa shape index (κ1) is 24.6. The number of methoxy groups -OCH3 is 3. The topological polar surface area (TPSA) is 74.6 Å². The molecule has 0 radical (unpaired) electrons. The van der Waals surface area contributed by atoms with Crippen LogP contribution in [0.25, 0.3) is 33.8 Å². The van der Waals surface area contributed by atoms with Gasteiger partial charge in [-0.1, -0.05) is 54.6 Å². The highest BCUT2D eigenvalue weighted by Gasteiger charge is 2.15. The van der Waals surface area contributed by atoms with E-state index in [1.54, 1.807) is 18.2 Å². The fourth-order valence-corrected chi connectivity index (χ4v) is 4.29. The van der Waals surface area contributed by atoms with E-state index in [1.807, 2.05) is 59.4 Å². The number of hydrogen-bond acceptors (Lipinski definition) is 5. The van der Waals surface area contributed by atoms with Gasteiger partial charge in [-0.3, -0.25) is 4.79 Å². The van der Waals surface area contributed by atoms with E-state index < -0.39 is 0 Å². The normalized spacial score (nSPS) is 11.0. The minimum Gasteiger partial charge on any atom is -0.493 e. The zero-order valence-corrected chi connectivity index (χ0v) is 21.3. The molecule has 0 aliphatic rings. The number of anilines is 1. The van der Waals surface area contributed by atoms with Gasteiger partial charge in [0.1, 0.15) is 0 Å². The highest BCUT2D eigenvalue weighted by molar-refractivity contribution is 6.03. The van der Waals surface area contributed by atoms with Crippen LogP contribution in [0.5, 0.6) is 17.2 Å². The maximum absolute atomic E-state index is 12.9. The van der Waals surface area contributed by atoms with Crippen molar-refractivity contribution in [1.82, 2.24) is 9.78 Å². The number of carbonyl (C=O) groups excluding carboxylic acids is 1. The van der Waals surface area contributed by atoms with Gasteiger partial charge in [-0.2, -0.15) is 5.10 Å². The summed E-state index contributed by atoms with van der Waals surface area (Å²) in [5.41, 5.74) is 3.99. The summed E-state index contributed by atoms with van der Waals surface area (Å²) in [5.74, 6) is 1.05. The van der Waals surface area contributed by atoms with Gasteiger partial charge in [-0.15, -0.1) is 0 Å². The first-order chi connectivity index (χ1) is 18.6. The number of carbonyl (C=O) groups is 1. The number of rotatable bonds is 8. The Labute approximate surface area is 220 Å². The largest absolute Gasteiger partial charge is 0.493 e. The van der Waals surface area contributed by atoms with Crippen LogP contribution in [-0.4, -0.2) is 37.0 Å². The van der Waals surface area contributed by atoms with Crippen molar-refractivity contribution in [2.24, 2.45) is 0 Å². The number of nitrogens with zero attached hydrogens (tertiary/aromatic N) is 2. The van der Waals surface area contributed by atoms with Gasteiger partial charge >= 0.3 is 0 Å². The molecule has 0 unspecified atom stereocenters. The van der Waals surface area contributed by atoms with Gasteiger partial charge in [-0.25, -0.2) is 4.68 Å². The summed E-state index contributed by atoms with van der Waals surface area (Å²) >= 11 is 0. The fraction of sp³-hybridized carbons (Fsp3) is 0.0968. The first-order valence-electron chi connectivity index (χ1n) is 12.0. The molecule has 1 heterocycles. The third-order valence-electron chi connectivity index (χ3n) is 6.13. The van der Waals surface area contributed by atoms with E-state index in [2.05, 4.69) is 29.6 Å². The zero-order chi connectivity index (χ0) is 26.5. The SMILES string of the molecule is COc1cc(NC(=O)/C=C\c2cn(-c3ccccc3)nc2-c2ccc3ccccc3c2)cc(OC)c1OC. The Morgan fingerprint density at radius 2 is 1.50 bits per heavy atom. The van der Waals surface area contributed by atoms with Crippen molar-refractivity contribution < 1.29 is 19.0 Å². The number of hydrogen-bond donors (Lipinski definition) is 1. The maximum atomic E-state index is 12.9. The molecule has 0 saturated carbocycles. The van der Waals surface area contributed by atoms with Crippen molar-refractivity contribution >= 4 is 28.4 Å². The van der Waals surface area contributed by atoms with Crippen molar-refractivity contribution in [3.63, 3.8) is 0 Å². The van der Waals surface area contributed by atoms with E-state index in [0.29, 0.717) is 22.9 Å². The van der Waals surface area contributed by atoms with Crippen molar-refractivity contribution in [3.8, 4) is 34.2 Å². The summed E-state index contributed by atoms with van der Waals surface area (Å²) in [5, 5.41) is 10.0. The van der Waals surface area contributed by atoms with Gasteiger partial charge in [0.2, 0.25) is 11.7 Å². The predicted molar refractivity (Wildman–Crippen MR) is 150 cm³/mol. The average Bonchev–Trinajstić information content (AvgIpc) is 3.40. The molecule has 7 heteroatoms. The lowest BCUT2D eigenvalue weighted by Gasteiger charge is -2.14. The highest BCUT2D eigenvalue weighted by Crippen LogP contribution is 2.40. The van der Waals surface area contributed by atoms with Crippen molar-refractivity contribution in [2.45, 2.75) is 0 Å². The first-order valence-corrected chi connectivity index (χ1v) is 12.0. The Morgan fingerprint density at radius 3 is 2.18 bits per heavy atom. The number of amides is 1. The van der Waals surface area contributed by atoms with Crippen LogP contribution in [0, 0.1) is 0 Å². The Bertz CT molecular complexity index is 1600. The number of fused-ring (bicyclic) bond motifs is 1. The molecule has 0 spiro atoms. The number of ether oxygens (including phenoxy) is 3. The van der Waals surface area contributed by atoms with Crippen molar-refractivity contribution in [1.29, 1.82) is 0 Å². The maximum Gasteiger partial charge on any atom is 0.248 e. The molecule has 38 heavy (non-hydrogen) atoms. The predicted octanol–water partition coefficient (Wildman–Crippen LogP) is 6.37. The lowest BCUT2D eigenvalue weighted by Crippen LogP contribution is -2.08. The van der Waals surface area contributed by atoms with Crippen LogP contribution in [0.3, 0.4) is 0 Å². The molecule has 5 rings (SSSR count). The van der Waals surface area contributed by atoms with E-state index in [0.717, 1.165) is 33.3 Å². The van der Waals surface area contributed by atoms with Gasteiger partial charge in [0.15, 0.2) is 11.5 Å². The number of para-hydroxylation sites is 1. The number of nitrogens with one attached hydrogen (secondary N) is 1. The van der Waals surface area contributed by atoms with Gasteiger partial charge in [0.05, 0.1) is 32.7 Å². The molecule has 1 N–H and O–H groups in total. The summed E-state index contributed by atoms with van der Waals surface area (Å²) in [7, 11) is 4.59. The average molecular weight is 506 g/mol. The Hall–Kier alpha value is -5.04. The minimum absolute atomic E-state index is 0.309. The molecule has 1 amide bonds. The second-order valence-corrected chi connectivity index (χ2v) is 8.51. The Kier molecular flexibility index (Phi) is 7.08. The molecule has 4 aromatic carbocycles. The Morgan fingerprint density at radius 1 is 0.816 bits per heavy atom. The van der Waals surface area contributed by atoms with Crippen molar-refractivity contribution in [3.05, 3.63) is 103 Å². The smallest absolute Gasteiger partial charge is 0.248 e. The molecule has 1 aromatic heterocycles. The van der Waals surface area contributed by atoms with Crippen LogP contribution in [0.2, 0.25) is 0 Å². The van der Waals surface area contributed by atoms with Gasteiger partial charge in [0.25, 0.3) is 0 Å². The van der Waals surface area contributed by atoms with E-state index in [-0.39, 0.29) is 5.91 Å². The van der Waals surface area contributed by atoms with E-state index in [1.165, 1.54) is 27.4 Å². The zero-order valence-electron chi connectivity index (χ0n) is 21.3. The molecular weight excluding hydrogens is 478 g/mol. The lowest BCUT2D eigenvalue weighted by molar-refractivity contribution is -0.111. The molecule has 0 bridgehead atoms. The van der Waals surface area contributed by atoms with Crippen LogP contribution in [0.4, 0.5) is 5.69 Å². The number of aromatic nitrogens is 2. The molecule has 0 atom stereocenters. The lowest BCUT2D eigenvalue weighted by atomic mass is 10.0. The molecule has 0 aliphatic carbocycles. The van der Waals surface area contributed by atoms with Crippen LogP contribution in [0.1, 0.15) is 5.56 Å². The molecule has 0 saturated heterocycles. The van der Waals surface area contributed by atoms with E-state index in [4.69, 9.17) is 19.3 Å². The second kappa shape index (κ2) is 10.9. The summed E-state index contributed by atoms with van der Waals surface area (Å²) in [6.07, 6.45) is 5.17. The highest BCUT2D eigenvalue weighted by atomic mass is 16.5. The van der Waals surface area contributed by atoms with Gasteiger partial charge in [0, 0.05) is 41.2 Å². The Balaban J connectivity index is 1.48. The summed E-state index contributed by atoms with van der Waals surface area (Å²) in [6, 6.07) is 27.7. The quantitative estimate of drug-likeness (QED) is 0.248. The van der Waals surface area contributed by atoms with Crippen LogP contribution in [-0.2, 0) is 4.79 Å². The van der Waals surface area contributed by atoms with Gasteiger partial charge < -0.3 is 19.5 Å². The second-order valence-electron chi connectivity index (χ2n) is 8.51. The summed E-state index contributed by atoms with van der Waals surface area (Å²) in [4.78, 5) is 12.9. The van der Waals surface area contributed by atoms with Crippen LogP contribution < -0.4 is 19.5 Å². The molecule has 0 aliphatic heterocycles. The summed E-state index contributed by atoms with van der Waals surface area (Å²) in [6.45, 7) is 0. The minimum atomic E-state index is -0.309. The molecule has 0 fully saturated rings. The number of benzene rings is 4. The third-order valence-corrected chi connectivity index (χ3v) is 6.13. The fourth-order valence-electron chi connectivity index (χ4n) is 4.29. The molecule has 7 nitrogen and oxygen atoms in total. The van der Waals surface area contributed by atoms with Crippen LogP contribution in [0.15, 0.2) is 97.2 Å². The van der Waals surface area contributed by atoms with Gasteiger partial charge in [-0.05, 0) is 35.0 Å². The standard InChI is InChI=1S/C31H27N3O4/c1-36-27-18-25(19-28(37-2)31(27)38-3)32-29(35)16-15-24-20-34(26-11-5-4-6-12-26)33-30(24)23-14-13-21-9-7-8-10-22(21)17-23/h4-20H,1-3H3,(H,32,35)/b16-15-. The molecule has 5 aromatic rings. The third kappa shape index (κ3) is 5.08.